The first-order valence-electron chi connectivity index (χ1n) is 20.3. The quantitative estimate of drug-likeness (QED) is 0.301. The van der Waals surface area contributed by atoms with Crippen LogP contribution in [0.2, 0.25) is 0 Å². The molecular formula is C48H51N5. The van der Waals surface area contributed by atoms with Gasteiger partial charge in [0.2, 0.25) is 0 Å². The Kier molecular flexibility index (Phi) is 8.40. The highest BCUT2D eigenvalue weighted by Crippen LogP contribution is 2.50. The Morgan fingerprint density at radius 1 is 0.811 bits per heavy atom. The van der Waals surface area contributed by atoms with E-state index in [-0.39, 0.29) is 24.2 Å². The number of aromatic nitrogens is 1. The normalized spacial score (nSPS) is 34.8. The van der Waals surface area contributed by atoms with Crippen LogP contribution in [0.5, 0.6) is 0 Å². The van der Waals surface area contributed by atoms with Gasteiger partial charge >= 0.3 is 0 Å². The number of rotatable bonds is 5. The molecule has 268 valence electrons. The molecule has 0 saturated heterocycles. The van der Waals surface area contributed by atoms with Gasteiger partial charge in [0.05, 0.1) is 24.2 Å². The first kappa shape index (κ1) is 32.8. The summed E-state index contributed by atoms with van der Waals surface area (Å²) >= 11 is 0. The van der Waals surface area contributed by atoms with E-state index in [1.165, 1.54) is 45.1 Å². The summed E-state index contributed by atoms with van der Waals surface area (Å²) in [5, 5.41) is 18.4. The van der Waals surface area contributed by atoms with Crippen molar-refractivity contribution in [1.29, 1.82) is 5.26 Å². The minimum absolute atomic E-state index is 0.0558. The van der Waals surface area contributed by atoms with E-state index < -0.39 is 0 Å². The Morgan fingerprint density at radius 3 is 2.57 bits per heavy atom. The highest BCUT2D eigenvalue weighted by molar-refractivity contribution is 5.78. The third-order valence-corrected chi connectivity index (χ3v) is 13.6. The maximum Gasteiger partial charge on any atom is 0.115 e. The van der Waals surface area contributed by atoms with E-state index in [0.717, 1.165) is 57.9 Å². The highest BCUT2D eigenvalue weighted by Gasteiger charge is 2.44. The first-order valence-corrected chi connectivity index (χ1v) is 20.3. The molecule has 53 heavy (non-hydrogen) atoms. The molecule has 9 unspecified atom stereocenters. The van der Waals surface area contributed by atoms with Gasteiger partial charge in [0.15, 0.2) is 0 Å². The van der Waals surface area contributed by atoms with E-state index in [1.807, 2.05) is 0 Å². The number of nitrogens with zero attached hydrogens (tertiary/aromatic N) is 3. The van der Waals surface area contributed by atoms with Crippen LogP contribution in [-0.2, 0) is 0 Å². The second-order valence-corrected chi connectivity index (χ2v) is 16.4. The van der Waals surface area contributed by atoms with Gasteiger partial charge in [0.25, 0.3) is 0 Å². The van der Waals surface area contributed by atoms with Crippen molar-refractivity contribution in [1.82, 2.24) is 14.8 Å². The summed E-state index contributed by atoms with van der Waals surface area (Å²) in [6, 6.07) is 2.95. The standard InChI is InChI=1S/C48H51N5/c1-31-14-12-26-44-47(31)41-23-13-27-50-48(41)53(44)46-29-33(28-45(51-46)52-42-24-10-8-21-39(42)40-22-9-11-25-43(40)52)35-17-4-5-19-37(35)38-20-7-6-18-36(38)34-16-3-2-15-32(34)30-49/h2-3,5-10,12-13,15-16,19,21-24,26,28,31-32,34,36,38-39,42,45-46,50-51H,4,11,14,17-18,20,25,27,29H2,1H3. The summed E-state index contributed by atoms with van der Waals surface area (Å²) in [5.41, 5.74) is 11.8. The van der Waals surface area contributed by atoms with E-state index in [1.54, 1.807) is 5.57 Å². The molecule has 0 fully saturated rings. The lowest BCUT2D eigenvalue weighted by atomic mass is 9.65. The van der Waals surface area contributed by atoms with Crippen LogP contribution >= 0.6 is 0 Å². The fraction of sp³-hybridized carbons (Fsp3) is 0.396. The molecule has 0 spiro atoms. The van der Waals surface area contributed by atoms with Crippen molar-refractivity contribution in [3.63, 3.8) is 0 Å². The molecule has 6 aliphatic carbocycles. The fourth-order valence-corrected chi connectivity index (χ4v) is 11.3. The van der Waals surface area contributed by atoms with Crippen molar-refractivity contribution in [2.75, 3.05) is 11.9 Å². The molecule has 0 saturated carbocycles. The van der Waals surface area contributed by atoms with E-state index >= 15 is 0 Å². The summed E-state index contributed by atoms with van der Waals surface area (Å²) in [6.45, 7) is 3.25. The van der Waals surface area contributed by atoms with Crippen molar-refractivity contribution in [3.8, 4) is 6.07 Å². The molecule has 0 amide bonds. The predicted molar refractivity (Wildman–Crippen MR) is 217 cm³/mol. The van der Waals surface area contributed by atoms with Gasteiger partial charge in [-0.05, 0) is 103 Å². The average molecular weight is 698 g/mol. The van der Waals surface area contributed by atoms with Gasteiger partial charge in [-0.15, -0.1) is 0 Å². The molecular weight excluding hydrogens is 647 g/mol. The summed E-state index contributed by atoms with van der Waals surface area (Å²) in [6.07, 6.45) is 53.1. The number of hydrogen-bond acceptors (Lipinski definition) is 4. The summed E-state index contributed by atoms with van der Waals surface area (Å²) in [5.74, 6) is 3.09. The van der Waals surface area contributed by atoms with Crippen LogP contribution in [0.3, 0.4) is 0 Å². The van der Waals surface area contributed by atoms with Crippen LogP contribution in [0, 0.1) is 40.9 Å². The number of fused-ring (bicyclic) bond motifs is 5. The van der Waals surface area contributed by atoms with Crippen LogP contribution in [-0.4, -0.2) is 28.2 Å². The highest BCUT2D eigenvalue weighted by atomic mass is 15.4. The largest absolute Gasteiger partial charge is 0.367 e. The molecule has 1 aromatic rings. The number of hydrogen-bond donors (Lipinski definition) is 2. The van der Waals surface area contributed by atoms with Crippen LogP contribution in [0.25, 0.3) is 12.2 Å². The molecule has 10 rings (SSSR count). The molecule has 3 aliphatic heterocycles. The molecule has 4 heterocycles. The monoisotopic (exact) mass is 697 g/mol. The fourth-order valence-electron chi connectivity index (χ4n) is 11.3. The number of anilines is 1. The minimum Gasteiger partial charge on any atom is -0.367 e. The maximum absolute atomic E-state index is 10.2. The van der Waals surface area contributed by atoms with Crippen molar-refractivity contribution < 1.29 is 0 Å². The number of allylic oxidation sites excluding steroid dienone is 16. The average Bonchev–Trinajstić information content (AvgIpc) is 3.74. The molecule has 1 aromatic heterocycles. The SMILES string of the molecule is CC1CC=Cc2c1c1c(n2C2CC(C3=C(C4CC=CCC4C4C=CC=CC4C#N)C=CCC3)=CC(N3C4=C(C=CCC4)C4C=CC=CC43)N2)NCC=C1. The van der Waals surface area contributed by atoms with Gasteiger partial charge in [-0.3, -0.25) is 5.32 Å². The van der Waals surface area contributed by atoms with Gasteiger partial charge in [-0.1, -0.05) is 110 Å². The molecule has 9 aliphatic rings. The van der Waals surface area contributed by atoms with Crippen molar-refractivity contribution in [2.45, 2.75) is 82.6 Å². The second-order valence-electron chi connectivity index (χ2n) is 16.4. The smallest absolute Gasteiger partial charge is 0.115 e. The Hall–Kier alpha value is -4.79. The van der Waals surface area contributed by atoms with Crippen molar-refractivity contribution in [3.05, 3.63) is 148 Å². The first-order chi connectivity index (χ1) is 26.2. The molecule has 0 radical (unpaired) electrons. The lowest BCUT2D eigenvalue weighted by Crippen LogP contribution is -2.52. The third kappa shape index (κ3) is 5.44. The summed E-state index contributed by atoms with van der Waals surface area (Å²) in [7, 11) is 0. The van der Waals surface area contributed by atoms with Gasteiger partial charge in [-0.25, -0.2) is 0 Å². The minimum atomic E-state index is -0.0710. The molecule has 0 aromatic carbocycles. The van der Waals surface area contributed by atoms with E-state index in [4.69, 9.17) is 0 Å². The van der Waals surface area contributed by atoms with Gasteiger partial charge in [-0.2, -0.15) is 5.26 Å². The van der Waals surface area contributed by atoms with E-state index in [2.05, 4.69) is 149 Å². The van der Waals surface area contributed by atoms with E-state index in [9.17, 15) is 5.26 Å². The number of nitrogens with one attached hydrogen (secondary N) is 2. The van der Waals surface area contributed by atoms with Crippen LogP contribution in [0.1, 0.15) is 87.2 Å². The molecule has 9 atom stereocenters. The summed E-state index contributed by atoms with van der Waals surface area (Å²) < 4.78 is 2.64. The Labute approximate surface area is 315 Å². The van der Waals surface area contributed by atoms with Gasteiger partial charge in [0, 0.05) is 41.8 Å². The van der Waals surface area contributed by atoms with E-state index in [0.29, 0.717) is 29.7 Å². The lowest BCUT2D eigenvalue weighted by Gasteiger charge is -2.44. The van der Waals surface area contributed by atoms with Crippen LogP contribution in [0.15, 0.2) is 131 Å². The number of nitriles is 1. The third-order valence-electron chi connectivity index (χ3n) is 13.6. The lowest BCUT2D eigenvalue weighted by molar-refractivity contribution is 0.173. The Bertz CT molecular complexity index is 2110. The Morgan fingerprint density at radius 2 is 1.64 bits per heavy atom. The molecule has 2 N–H and O–H groups in total. The zero-order valence-electron chi connectivity index (χ0n) is 30.9. The predicted octanol–water partition coefficient (Wildman–Crippen LogP) is 10.3. The van der Waals surface area contributed by atoms with Crippen molar-refractivity contribution >= 4 is 18.0 Å². The second kappa shape index (κ2) is 13.6. The topological polar surface area (TPSA) is 56.0 Å². The van der Waals surface area contributed by atoms with Gasteiger partial charge in [0.1, 0.15) is 12.0 Å². The molecule has 5 nitrogen and oxygen atoms in total. The molecule has 5 heteroatoms. The molecule has 0 bridgehead atoms. The van der Waals surface area contributed by atoms with Crippen LogP contribution < -0.4 is 10.6 Å². The zero-order chi connectivity index (χ0) is 35.5. The van der Waals surface area contributed by atoms with Crippen LogP contribution in [0.4, 0.5) is 5.82 Å². The van der Waals surface area contributed by atoms with Crippen molar-refractivity contribution in [2.24, 2.45) is 29.6 Å². The Balaban J connectivity index is 1.12. The maximum atomic E-state index is 10.2. The zero-order valence-corrected chi connectivity index (χ0v) is 30.9. The van der Waals surface area contributed by atoms with Gasteiger partial charge < -0.3 is 14.8 Å². The summed E-state index contributed by atoms with van der Waals surface area (Å²) in [4.78, 5) is 2.76.